The second kappa shape index (κ2) is 5.83. The fourth-order valence-corrected chi connectivity index (χ4v) is 2.85. The number of nitrogens with zero attached hydrogens (tertiary/aromatic N) is 2. The zero-order valence-electron chi connectivity index (χ0n) is 12.9. The van der Waals surface area contributed by atoms with Gasteiger partial charge in [0.15, 0.2) is 0 Å². The quantitative estimate of drug-likeness (QED) is 0.426. The van der Waals surface area contributed by atoms with Gasteiger partial charge in [-0.05, 0) is 17.7 Å². The van der Waals surface area contributed by atoms with E-state index in [2.05, 4.69) is 9.97 Å². The van der Waals surface area contributed by atoms with Crippen molar-refractivity contribution in [3.8, 4) is 22.3 Å². The molecule has 0 aliphatic carbocycles. The van der Waals surface area contributed by atoms with Crippen molar-refractivity contribution in [2.75, 3.05) is 0 Å². The minimum absolute atomic E-state index is 0.155. The predicted octanol–water partition coefficient (Wildman–Crippen LogP) is 4.94. The number of nitro groups is 1. The highest BCUT2D eigenvalue weighted by Gasteiger charge is 2.16. The molecule has 122 valence electrons. The van der Waals surface area contributed by atoms with Crippen LogP contribution in [0.5, 0.6) is 0 Å². The van der Waals surface area contributed by atoms with Crippen molar-refractivity contribution in [3.63, 3.8) is 0 Å². The Morgan fingerprint density at radius 3 is 2.56 bits per heavy atom. The van der Waals surface area contributed by atoms with Crippen molar-refractivity contribution in [2.45, 2.75) is 0 Å². The highest BCUT2D eigenvalue weighted by Crippen LogP contribution is 2.34. The van der Waals surface area contributed by atoms with Gasteiger partial charge >= 0.3 is 0 Å². The average molecular weight is 333 g/mol. The zero-order chi connectivity index (χ0) is 17.4. The van der Waals surface area contributed by atoms with Gasteiger partial charge in [-0.3, -0.25) is 10.1 Å². The van der Waals surface area contributed by atoms with Crippen LogP contribution in [0.1, 0.15) is 0 Å². The number of aromatic nitrogens is 2. The van der Waals surface area contributed by atoms with E-state index >= 15 is 0 Å². The maximum Gasteiger partial charge on any atom is 0.270 e. The molecule has 6 heteroatoms. The number of benzene rings is 2. The van der Waals surface area contributed by atoms with Crippen molar-refractivity contribution in [3.05, 3.63) is 82.9 Å². The summed E-state index contributed by atoms with van der Waals surface area (Å²) < 4.78 is 14.3. The first-order valence-electron chi connectivity index (χ1n) is 7.60. The molecule has 25 heavy (non-hydrogen) atoms. The molecular weight excluding hydrogens is 321 g/mol. The fourth-order valence-electron chi connectivity index (χ4n) is 2.85. The van der Waals surface area contributed by atoms with E-state index in [1.807, 2.05) is 36.4 Å². The van der Waals surface area contributed by atoms with E-state index in [0.717, 1.165) is 23.3 Å². The maximum atomic E-state index is 14.3. The van der Waals surface area contributed by atoms with Gasteiger partial charge in [0, 0.05) is 46.6 Å². The van der Waals surface area contributed by atoms with E-state index in [-0.39, 0.29) is 11.3 Å². The molecule has 0 amide bonds. The smallest absolute Gasteiger partial charge is 0.270 e. The van der Waals surface area contributed by atoms with Crippen LogP contribution in [0.3, 0.4) is 0 Å². The van der Waals surface area contributed by atoms with E-state index < -0.39 is 10.7 Å². The van der Waals surface area contributed by atoms with Crippen LogP contribution in [-0.4, -0.2) is 14.9 Å². The molecule has 0 bridgehead atoms. The Hall–Kier alpha value is -3.54. The van der Waals surface area contributed by atoms with Gasteiger partial charge < -0.3 is 4.98 Å². The van der Waals surface area contributed by atoms with Gasteiger partial charge in [-0.2, -0.15) is 0 Å². The van der Waals surface area contributed by atoms with Crippen LogP contribution in [0.15, 0.2) is 67.0 Å². The number of aromatic amines is 1. The number of nitrogens with one attached hydrogen (secondary N) is 1. The number of fused-ring (bicyclic) bond motifs is 1. The summed E-state index contributed by atoms with van der Waals surface area (Å²) in [6, 6.07) is 15.1. The average Bonchev–Trinajstić information content (AvgIpc) is 3.05. The zero-order valence-corrected chi connectivity index (χ0v) is 12.9. The summed E-state index contributed by atoms with van der Waals surface area (Å²) in [4.78, 5) is 17.8. The molecule has 0 unspecified atom stereocenters. The van der Waals surface area contributed by atoms with Gasteiger partial charge in [0.2, 0.25) is 0 Å². The second-order valence-corrected chi connectivity index (χ2v) is 5.61. The summed E-state index contributed by atoms with van der Waals surface area (Å²) in [5, 5.41) is 11.7. The lowest BCUT2D eigenvalue weighted by molar-refractivity contribution is -0.384. The Balaban J connectivity index is 1.91. The number of hydrogen-bond donors (Lipinski definition) is 1. The fraction of sp³-hybridized carbons (Fsp3) is 0. The summed E-state index contributed by atoms with van der Waals surface area (Å²) in [5.74, 6) is -0.517. The number of nitro benzene ring substituents is 1. The second-order valence-electron chi connectivity index (χ2n) is 5.61. The molecule has 0 fully saturated rings. The van der Waals surface area contributed by atoms with Crippen LogP contribution >= 0.6 is 0 Å². The maximum absolute atomic E-state index is 14.3. The number of halogens is 1. The summed E-state index contributed by atoms with van der Waals surface area (Å²) in [6.45, 7) is 0. The largest absolute Gasteiger partial charge is 0.346 e. The first-order chi connectivity index (χ1) is 12.1. The molecule has 4 rings (SSSR count). The van der Waals surface area contributed by atoms with E-state index in [1.165, 1.54) is 6.07 Å². The first kappa shape index (κ1) is 15.0. The van der Waals surface area contributed by atoms with E-state index in [0.29, 0.717) is 16.6 Å². The number of pyridine rings is 1. The lowest BCUT2D eigenvalue weighted by atomic mass is 10.0. The third-order valence-electron chi connectivity index (χ3n) is 4.09. The van der Waals surface area contributed by atoms with Gasteiger partial charge in [0.1, 0.15) is 11.5 Å². The SMILES string of the molecule is O=[N+]([O-])c1ccc(F)c(-c2c[nH]c3ncc(-c4ccccc4)cc23)c1. The van der Waals surface area contributed by atoms with Crippen LogP contribution in [0.25, 0.3) is 33.3 Å². The lowest BCUT2D eigenvalue weighted by Crippen LogP contribution is -1.91. The van der Waals surface area contributed by atoms with Crippen LogP contribution < -0.4 is 0 Å². The van der Waals surface area contributed by atoms with Gasteiger partial charge in [-0.15, -0.1) is 0 Å². The Kier molecular flexibility index (Phi) is 3.50. The van der Waals surface area contributed by atoms with E-state index in [4.69, 9.17) is 0 Å². The molecule has 0 spiro atoms. The third-order valence-corrected chi connectivity index (χ3v) is 4.09. The monoisotopic (exact) mass is 333 g/mol. The molecule has 0 atom stereocenters. The van der Waals surface area contributed by atoms with Crippen molar-refractivity contribution < 1.29 is 9.31 Å². The van der Waals surface area contributed by atoms with Crippen LogP contribution in [0.2, 0.25) is 0 Å². The third kappa shape index (κ3) is 2.63. The summed E-state index contributed by atoms with van der Waals surface area (Å²) in [7, 11) is 0. The molecule has 0 aliphatic heterocycles. The molecule has 0 radical (unpaired) electrons. The van der Waals surface area contributed by atoms with Crippen molar-refractivity contribution in [1.82, 2.24) is 9.97 Å². The van der Waals surface area contributed by atoms with Crippen molar-refractivity contribution in [2.24, 2.45) is 0 Å². The molecule has 5 nitrogen and oxygen atoms in total. The van der Waals surface area contributed by atoms with Crippen LogP contribution in [0.4, 0.5) is 10.1 Å². The molecule has 2 aromatic heterocycles. The number of non-ortho nitro benzene ring substituents is 1. The van der Waals surface area contributed by atoms with Crippen LogP contribution in [-0.2, 0) is 0 Å². The standard InChI is InChI=1S/C19H12FN3O2/c20-18-7-6-14(23(24)25)9-15(18)17-11-22-19-16(17)8-13(10-21-19)12-4-2-1-3-5-12/h1-11H,(H,21,22). The molecule has 0 saturated carbocycles. The van der Waals surface area contributed by atoms with E-state index in [9.17, 15) is 14.5 Å². The minimum atomic E-state index is -0.536. The number of hydrogen-bond acceptors (Lipinski definition) is 3. The first-order valence-corrected chi connectivity index (χ1v) is 7.60. The van der Waals surface area contributed by atoms with Gasteiger partial charge in [-0.1, -0.05) is 30.3 Å². The highest BCUT2D eigenvalue weighted by atomic mass is 19.1. The summed E-state index contributed by atoms with van der Waals surface area (Å²) in [5.41, 5.74) is 3.04. The Morgan fingerprint density at radius 2 is 1.80 bits per heavy atom. The summed E-state index contributed by atoms with van der Waals surface area (Å²) >= 11 is 0. The Labute approximate surface area is 141 Å². The van der Waals surface area contributed by atoms with Crippen molar-refractivity contribution >= 4 is 16.7 Å². The highest BCUT2D eigenvalue weighted by molar-refractivity contribution is 5.96. The molecule has 0 saturated heterocycles. The van der Waals surface area contributed by atoms with Crippen molar-refractivity contribution in [1.29, 1.82) is 0 Å². The Morgan fingerprint density at radius 1 is 1.00 bits per heavy atom. The Bertz CT molecular complexity index is 1090. The van der Waals surface area contributed by atoms with Gasteiger partial charge in [-0.25, -0.2) is 9.37 Å². The van der Waals surface area contributed by atoms with Crippen LogP contribution in [0, 0.1) is 15.9 Å². The molecule has 0 aliphatic rings. The number of rotatable bonds is 3. The molecular formula is C19H12FN3O2. The van der Waals surface area contributed by atoms with Gasteiger partial charge in [0.25, 0.3) is 5.69 Å². The topological polar surface area (TPSA) is 71.8 Å². The molecule has 1 N–H and O–H groups in total. The molecule has 2 aromatic carbocycles. The number of H-pyrrole nitrogens is 1. The molecule has 4 aromatic rings. The van der Waals surface area contributed by atoms with E-state index in [1.54, 1.807) is 12.4 Å². The molecule has 2 heterocycles. The van der Waals surface area contributed by atoms with Gasteiger partial charge in [0.05, 0.1) is 4.92 Å². The normalized spacial score (nSPS) is 10.9. The lowest BCUT2D eigenvalue weighted by Gasteiger charge is -2.04. The summed E-state index contributed by atoms with van der Waals surface area (Å²) in [6.07, 6.45) is 3.36. The predicted molar refractivity (Wildman–Crippen MR) is 93.6 cm³/mol. The minimum Gasteiger partial charge on any atom is -0.346 e.